The Morgan fingerprint density at radius 1 is 0.640 bits per heavy atom. The maximum absolute atomic E-state index is 6.18. The minimum absolute atomic E-state index is 0.506. The van der Waals surface area contributed by atoms with Gasteiger partial charge in [0.05, 0.1) is 0 Å². The van der Waals surface area contributed by atoms with Crippen LogP contribution >= 0.6 is 0 Å². The molecule has 0 fully saturated rings. The molecule has 0 unspecified atom stereocenters. The van der Waals surface area contributed by atoms with E-state index in [1.165, 1.54) is 16.3 Å². The number of fused-ring (bicyclic) bond motifs is 2. The van der Waals surface area contributed by atoms with Crippen molar-refractivity contribution in [1.82, 2.24) is 0 Å². The molecule has 0 aliphatic heterocycles. The van der Waals surface area contributed by atoms with Gasteiger partial charge in [0.25, 0.3) is 0 Å². The van der Waals surface area contributed by atoms with E-state index in [9.17, 15) is 0 Å². The minimum Gasteiger partial charge on any atom is -0.490 e. The second kappa shape index (κ2) is 6.86. The summed E-state index contributed by atoms with van der Waals surface area (Å²) in [5, 5.41) is 4.68. The van der Waals surface area contributed by atoms with Crippen molar-refractivity contribution >= 4 is 21.5 Å². The van der Waals surface area contributed by atoms with Crippen LogP contribution in [-0.2, 0) is 0 Å². The van der Waals surface area contributed by atoms with E-state index >= 15 is 0 Å². The van der Waals surface area contributed by atoms with E-state index in [4.69, 9.17) is 9.47 Å². The summed E-state index contributed by atoms with van der Waals surface area (Å²) in [6, 6.07) is 26.9. The summed E-state index contributed by atoms with van der Waals surface area (Å²) in [5.41, 5.74) is 1.23. The summed E-state index contributed by atoms with van der Waals surface area (Å²) in [7, 11) is 0. The van der Waals surface area contributed by atoms with Crippen molar-refractivity contribution in [2.45, 2.75) is 6.92 Å². The van der Waals surface area contributed by atoms with Crippen LogP contribution in [-0.4, -0.2) is 13.2 Å². The lowest BCUT2D eigenvalue weighted by Gasteiger charge is -2.14. The molecule has 0 heterocycles. The van der Waals surface area contributed by atoms with E-state index in [1.807, 2.05) is 30.3 Å². The van der Waals surface area contributed by atoms with Crippen LogP contribution in [0.3, 0.4) is 0 Å². The van der Waals surface area contributed by atoms with Gasteiger partial charge in [-0.05, 0) is 42.0 Å². The number of ether oxygens (including phenoxy) is 2. The van der Waals surface area contributed by atoms with Crippen LogP contribution < -0.4 is 9.47 Å². The summed E-state index contributed by atoms with van der Waals surface area (Å²) in [6.45, 7) is 3.13. The molecule has 25 heavy (non-hydrogen) atoms. The molecular weight excluding hydrogens is 308 g/mol. The van der Waals surface area contributed by atoms with Crippen molar-refractivity contribution in [1.29, 1.82) is 0 Å². The molecule has 0 aliphatic rings. The molecule has 2 heteroatoms. The van der Waals surface area contributed by atoms with Gasteiger partial charge in [-0.25, -0.2) is 0 Å². The standard InChI is InChI=1S/C23H20O2/c1-17-11-12-19-16-18-7-5-6-10-21(18)23(22(19)15-17)25-14-13-24-20-8-3-2-4-9-20/h2-12,15-16H,13-14H2,1H3. The first-order valence-corrected chi connectivity index (χ1v) is 8.54. The number of hydrogen-bond acceptors (Lipinski definition) is 2. The van der Waals surface area contributed by atoms with Crippen molar-refractivity contribution in [3.8, 4) is 11.5 Å². The van der Waals surface area contributed by atoms with E-state index in [0.717, 1.165) is 22.3 Å². The van der Waals surface area contributed by atoms with Crippen LogP contribution in [0.1, 0.15) is 5.56 Å². The average molecular weight is 328 g/mol. The van der Waals surface area contributed by atoms with E-state index in [-0.39, 0.29) is 0 Å². The lowest BCUT2D eigenvalue weighted by atomic mass is 10.0. The topological polar surface area (TPSA) is 18.5 Å². The van der Waals surface area contributed by atoms with E-state index < -0.39 is 0 Å². The third-order valence-electron chi connectivity index (χ3n) is 4.31. The van der Waals surface area contributed by atoms with Gasteiger partial charge in [-0.1, -0.05) is 60.2 Å². The predicted octanol–water partition coefficient (Wildman–Crippen LogP) is 5.76. The maximum atomic E-state index is 6.18. The molecule has 4 aromatic carbocycles. The fraction of sp³-hybridized carbons (Fsp3) is 0.130. The highest BCUT2D eigenvalue weighted by atomic mass is 16.5. The largest absolute Gasteiger partial charge is 0.490 e. The second-order valence-corrected chi connectivity index (χ2v) is 6.16. The SMILES string of the molecule is Cc1ccc2cc3ccccc3c(OCCOc3ccccc3)c2c1. The Kier molecular flexibility index (Phi) is 4.26. The number of para-hydroxylation sites is 1. The van der Waals surface area contributed by atoms with Crippen molar-refractivity contribution in [3.05, 3.63) is 84.4 Å². The Balaban J connectivity index is 1.63. The molecule has 2 nitrogen and oxygen atoms in total. The normalized spacial score (nSPS) is 10.9. The fourth-order valence-electron chi connectivity index (χ4n) is 3.11. The van der Waals surface area contributed by atoms with Crippen LogP contribution in [0.25, 0.3) is 21.5 Å². The van der Waals surface area contributed by atoms with Crippen LogP contribution in [0.2, 0.25) is 0 Å². The van der Waals surface area contributed by atoms with Crippen molar-refractivity contribution in [3.63, 3.8) is 0 Å². The van der Waals surface area contributed by atoms with E-state index in [1.54, 1.807) is 0 Å². The highest BCUT2D eigenvalue weighted by Crippen LogP contribution is 2.35. The molecule has 0 saturated carbocycles. The summed E-state index contributed by atoms with van der Waals surface area (Å²) in [5.74, 6) is 1.80. The van der Waals surface area contributed by atoms with Gasteiger partial charge in [-0.15, -0.1) is 0 Å². The summed E-state index contributed by atoms with van der Waals surface area (Å²) in [4.78, 5) is 0. The van der Waals surface area contributed by atoms with Gasteiger partial charge in [-0.2, -0.15) is 0 Å². The van der Waals surface area contributed by atoms with Gasteiger partial charge in [0.2, 0.25) is 0 Å². The smallest absolute Gasteiger partial charge is 0.135 e. The Morgan fingerprint density at radius 3 is 2.24 bits per heavy atom. The molecule has 0 N–H and O–H groups in total. The number of rotatable bonds is 5. The van der Waals surface area contributed by atoms with Gasteiger partial charge < -0.3 is 9.47 Å². The molecule has 0 aromatic heterocycles. The average Bonchev–Trinajstić information content (AvgIpc) is 2.65. The van der Waals surface area contributed by atoms with Crippen molar-refractivity contribution < 1.29 is 9.47 Å². The molecule has 0 amide bonds. The summed E-state index contributed by atoms with van der Waals surface area (Å²) >= 11 is 0. The summed E-state index contributed by atoms with van der Waals surface area (Å²) < 4.78 is 11.9. The van der Waals surface area contributed by atoms with Gasteiger partial charge in [-0.3, -0.25) is 0 Å². The molecule has 0 saturated heterocycles. The lowest BCUT2D eigenvalue weighted by Crippen LogP contribution is -2.09. The first-order valence-electron chi connectivity index (χ1n) is 8.54. The monoisotopic (exact) mass is 328 g/mol. The van der Waals surface area contributed by atoms with Gasteiger partial charge in [0.15, 0.2) is 0 Å². The Bertz CT molecular complexity index is 1010. The van der Waals surface area contributed by atoms with Crippen LogP contribution in [0, 0.1) is 6.92 Å². The third-order valence-corrected chi connectivity index (χ3v) is 4.31. The Hall–Kier alpha value is -3.00. The Morgan fingerprint density at radius 2 is 1.36 bits per heavy atom. The predicted molar refractivity (Wildman–Crippen MR) is 104 cm³/mol. The quantitative estimate of drug-likeness (QED) is 0.342. The molecular formula is C23H20O2. The zero-order valence-corrected chi connectivity index (χ0v) is 14.2. The molecule has 124 valence electrons. The Labute approximate surface area is 147 Å². The zero-order valence-electron chi connectivity index (χ0n) is 14.2. The molecule has 0 bridgehead atoms. The molecule has 0 atom stereocenters. The van der Waals surface area contributed by atoms with E-state index in [0.29, 0.717) is 13.2 Å². The van der Waals surface area contributed by atoms with Gasteiger partial charge in [0.1, 0.15) is 24.7 Å². The first kappa shape index (κ1) is 15.5. The summed E-state index contributed by atoms with van der Waals surface area (Å²) in [6.07, 6.45) is 0. The molecule has 4 rings (SSSR count). The van der Waals surface area contributed by atoms with Gasteiger partial charge >= 0.3 is 0 Å². The van der Waals surface area contributed by atoms with Crippen molar-refractivity contribution in [2.24, 2.45) is 0 Å². The number of aryl methyl sites for hydroxylation is 1. The third kappa shape index (κ3) is 3.29. The fourth-order valence-corrected chi connectivity index (χ4v) is 3.11. The highest BCUT2D eigenvalue weighted by molar-refractivity contribution is 6.05. The second-order valence-electron chi connectivity index (χ2n) is 6.16. The van der Waals surface area contributed by atoms with E-state index in [2.05, 4.69) is 55.5 Å². The van der Waals surface area contributed by atoms with Gasteiger partial charge in [0, 0.05) is 10.8 Å². The molecule has 0 aliphatic carbocycles. The molecule has 0 spiro atoms. The van der Waals surface area contributed by atoms with Crippen LogP contribution in [0.5, 0.6) is 11.5 Å². The minimum atomic E-state index is 0.506. The van der Waals surface area contributed by atoms with Crippen LogP contribution in [0.15, 0.2) is 78.9 Å². The number of hydrogen-bond donors (Lipinski definition) is 0. The molecule has 0 radical (unpaired) electrons. The number of benzene rings is 4. The first-order chi connectivity index (χ1) is 12.3. The van der Waals surface area contributed by atoms with Crippen molar-refractivity contribution in [2.75, 3.05) is 13.2 Å². The maximum Gasteiger partial charge on any atom is 0.135 e. The lowest BCUT2D eigenvalue weighted by molar-refractivity contribution is 0.220. The zero-order chi connectivity index (χ0) is 17.1. The highest BCUT2D eigenvalue weighted by Gasteiger charge is 2.09. The van der Waals surface area contributed by atoms with Crippen LogP contribution in [0.4, 0.5) is 0 Å². The molecule has 4 aromatic rings.